The van der Waals surface area contributed by atoms with Gasteiger partial charge in [-0.1, -0.05) is 35.9 Å². The van der Waals surface area contributed by atoms with E-state index in [0.29, 0.717) is 15.7 Å². The summed E-state index contributed by atoms with van der Waals surface area (Å²) in [5, 5.41) is 10.6. The Morgan fingerprint density at radius 1 is 1.17 bits per heavy atom. The van der Waals surface area contributed by atoms with Crippen LogP contribution in [0.3, 0.4) is 0 Å². The molecular formula is C14H12ClFOS. The van der Waals surface area contributed by atoms with E-state index in [9.17, 15) is 9.50 Å². The van der Waals surface area contributed by atoms with E-state index in [1.54, 1.807) is 42.5 Å². The molecule has 2 aromatic rings. The summed E-state index contributed by atoms with van der Waals surface area (Å²) in [7, 11) is 0. The molecule has 1 nitrogen and oxygen atoms in total. The van der Waals surface area contributed by atoms with E-state index in [1.165, 1.54) is 17.8 Å². The van der Waals surface area contributed by atoms with Gasteiger partial charge in [-0.05, 0) is 29.8 Å². The summed E-state index contributed by atoms with van der Waals surface area (Å²) in [6, 6.07) is 13.6. The van der Waals surface area contributed by atoms with E-state index in [-0.39, 0.29) is 5.82 Å². The second-order valence-electron chi connectivity index (χ2n) is 3.81. The van der Waals surface area contributed by atoms with Crippen molar-refractivity contribution in [3.8, 4) is 0 Å². The van der Waals surface area contributed by atoms with E-state index < -0.39 is 6.10 Å². The molecule has 0 bridgehead atoms. The van der Waals surface area contributed by atoms with Gasteiger partial charge >= 0.3 is 0 Å². The standard InChI is InChI=1S/C14H12ClFOS/c15-11-5-3-4-10(8-11)13(17)9-18-14-7-2-1-6-12(14)16/h1-8,13,17H,9H2. The Labute approximate surface area is 115 Å². The third-order valence-electron chi connectivity index (χ3n) is 2.47. The summed E-state index contributed by atoms with van der Waals surface area (Å²) in [6.07, 6.45) is -0.659. The number of halogens is 2. The van der Waals surface area contributed by atoms with Crippen molar-refractivity contribution >= 4 is 23.4 Å². The molecule has 0 amide bonds. The van der Waals surface area contributed by atoms with Crippen LogP contribution in [0.4, 0.5) is 4.39 Å². The van der Waals surface area contributed by atoms with E-state index >= 15 is 0 Å². The highest BCUT2D eigenvalue weighted by Crippen LogP contribution is 2.27. The lowest BCUT2D eigenvalue weighted by Gasteiger charge is -2.11. The highest BCUT2D eigenvalue weighted by molar-refractivity contribution is 7.99. The topological polar surface area (TPSA) is 20.2 Å². The monoisotopic (exact) mass is 282 g/mol. The molecule has 0 heterocycles. The van der Waals surface area contributed by atoms with E-state index in [2.05, 4.69) is 0 Å². The molecule has 0 aliphatic carbocycles. The fourth-order valence-corrected chi connectivity index (χ4v) is 2.65. The smallest absolute Gasteiger partial charge is 0.136 e. The lowest BCUT2D eigenvalue weighted by atomic mass is 10.1. The van der Waals surface area contributed by atoms with Crippen molar-refractivity contribution in [1.29, 1.82) is 0 Å². The van der Waals surface area contributed by atoms with Crippen molar-refractivity contribution in [2.75, 3.05) is 5.75 Å². The quantitative estimate of drug-likeness (QED) is 0.844. The maximum atomic E-state index is 13.4. The third kappa shape index (κ3) is 3.48. The Hall–Kier alpha value is -1.03. The van der Waals surface area contributed by atoms with Gasteiger partial charge in [0, 0.05) is 15.7 Å². The summed E-state index contributed by atoms with van der Waals surface area (Å²) in [6.45, 7) is 0. The van der Waals surface area contributed by atoms with Crippen LogP contribution in [0.5, 0.6) is 0 Å². The van der Waals surface area contributed by atoms with Gasteiger partial charge in [0.15, 0.2) is 0 Å². The van der Waals surface area contributed by atoms with Gasteiger partial charge in [-0.25, -0.2) is 4.39 Å². The molecule has 0 radical (unpaired) electrons. The zero-order valence-electron chi connectivity index (χ0n) is 9.51. The first kappa shape index (κ1) is 13.4. The molecule has 1 N–H and O–H groups in total. The van der Waals surface area contributed by atoms with Crippen LogP contribution in [0, 0.1) is 5.82 Å². The zero-order valence-corrected chi connectivity index (χ0v) is 11.1. The Morgan fingerprint density at radius 3 is 2.67 bits per heavy atom. The fourth-order valence-electron chi connectivity index (χ4n) is 1.54. The maximum absolute atomic E-state index is 13.4. The molecule has 4 heteroatoms. The van der Waals surface area contributed by atoms with Crippen molar-refractivity contribution in [3.63, 3.8) is 0 Å². The Morgan fingerprint density at radius 2 is 1.94 bits per heavy atom. The molecule has 1 atom stereocenters. The number of aliphatic hydroxyl groups is 1. The molecule has 0 aliphatic rings. The van der Waals surface area contributed by atoms with Gasteiger partial charge in [0.1, 0.15) is 5.82 Å². The normalized spacial score (nSPS) is 12.4. The number of hydrogen-bond acceptors (Lipinski definition) is 2. The van der Waals surface area contributed by atoms with E-state index in [1.807, 2.05) is 0 Å². The summed E-state index contributed by atoms with van der Waals surface area (Å²) in [5.74, 6) is 0.127. The predicted molar refractivity (Wildman–Crippen MR) is 73.5 cm³/mol. The fraction of sp³-hybridized carbons (Fsp3) is 0.143. The largest absolute Gasteiger partial charge is 0.388 e. The van der Waals surface area contributed by atoms with Gasteiger partial charge < -0.3 is 5.11 Å². The molecule has 0 fully saturated rings. The second kappa shape index (κ2) is 6.23. The van der Waals surface area contributed by atoms with Crippen molar-refractivity contribution in [1.82, 2.24) is 0 Å². The molecule has 0 spiro atoms. The van der Waals surface area contributed by atoms with Crippen LogP contribution in [-0.4, -0.2) is 10.9 Å². The Bertz CT molecular complexity index is 533. The van der Waals surface area contributed by atoms with E-state index in [4.69, 9.17) is 11.6 Å². The third-order valence-corrected chi connectivity index (χ3v) is 3.83. The Kier molecular flexibility index (Phi) is 4.64. The number of thioether (sulfide) groups is 1. The number of benzene rings is 2. The van der Waals surface area contributed by atoms with Gasteiger partial charge in [-0.15, -0.1) is 11.8 Å². The lowest BCUT2D eigenvalue weighted by molar-refractivity contribution is 0.204. The van der Waals surface area contributed by atoms with Crippen LogP contribution in [0.15, 0.2) is 53.4 Å². The minimum atomic E-state index is -0.659. The first-order valence-electron chi connectivity index (χ1n) is 5.47. The maximum Gasteiger partial charge on any atom is 0.136 e. The van der Waals surface area contributed by atoms with Crippen LogP contribution in [0.1, 0.15) is 11.7 Å². The van der Waals surface area contributed by atoms with Gasteiger partial charge in [0.25, 0.3) is 0 Å². The van der Waals surface area contributed by atoms with Crippen molar-refractivity contribution in [3.05, 3.63) is 64.9 Å². The van der Waals surface area contributed by atoms with Crippen LogP contribution in [0.2, 0.25) is 5.02 Å². The van der Waals surface area contributed by atoms with Crippen molar-refractivity contribution in [2.24, 2.45) is 0 Å². The van der Waals surface area contributed by atoms with Crippen LogP contribution in [-0.2, 0) is 0 Å². The molecule has 2 rings (SSSR count). The van der Waals surface area contributed by atoms with Crippen LogP contribution in [0.25, 0.3) is 0 Å². The first-order chi connectivity index (χ1) is 8.66. The zero-order chi connectivity index (χ0) is 13.0. The average molecular weight is 283 g/mol. The number of aliphatic hydroxyl groups excluding tert-OH is 1. The average Bonchev–Trinajstić information content (AvgIpc) is 2.37. The summed E-state index contributed by atoms with van der Waals surface area (Å²) < 4.78 is 13.4. The first-order valence-corrected chi connectivity index (χ1v) is 6.84. The van der Waals surface area contributed by atoms with Gasteiger partial charge in [-0.3, -0.25) is 0 Å². The van der Waals surface area contributed by atoms with Crippen LogP contribution >= 0.6 is 23.4 Å². The predicted octanol–water partition coefficient (Wildman–Crippen LogP) is 4.30. The molecule has 2 aromatic carbocycles. The molecular weight excluding hydrogens is 271 g/mol. The summed E-state index contributed by atoms with van der Waals surface area (Å²) in [5.41, 5.74) is 0.742. The summed E-state index contributed by atoms with van der Waals surface area (Å²) in [4.78, 5) is 0.540. The molecule has 0 saturated heterocycles. The SMILES string of the molecule is OC(CSc1ccccc1F)c1cccc(Cl)c1. The number of hydrogen-bond donors (Lipinski definition) is 1. The summed E-state index contributed by atoms with van der Waals surface area (Å²) >= 11 is 7.14. The molecule has 1 unspecified atom stereocenters. The van der Waals surface area contributed by atoms with E-state index in [0.717, 1.165) is 5.56 Å². The molecule has 18 heavy (non-hydrogen) atoms. The molecule has 0 aromatic heterocycles. The highest BCUT2D eigenvalue weighted by Gasteiger charge is 2.10. The van der Waals surface area contributed by atoms with Crippen molar-refractivity contribution in [2.45, 2.75) is 11.0 Å². The van der Waals surface area contributed by atoms with Crippen LogP contribution < -0.4 is 0 Å². The van der Waals surface area contributed by atoms with Gasteiger partial charge in [0.2, 0.25) is 0 Å². The minimum absolute atomic E-state index is 0.263. The number of rotatable bonds is 4. The lowest BCUT2D eigenvalue weighted by Crippen LogP contribution is -2.00. The molecule has 94 valence electrons. The van der Waals surface area contributed by atoms with Crippen molar-refractivity contribution < 1.29 is 9.50 Å². The molecule has 0 saturated carbocycles. The highest BCUT2D eigenvalue weighted by atomic mass is 35.5. The Balaban J connectivity index is 2.00. The molecule has 0 aliphatic heterocycles. The van der Waals surface area contributed by atoms with Gasteiger partial charge in [0.05, 0.1) is 6.10 Å². The second-order valence-corrected chi connectivity index (χ2v) is 5.31. The van der Waals surface area contributed by atoms with Gasteiger partial charge in [-0.2, -0.15) is 0 Å². The minimum Gasteiger partial charge on any atom is -0.388 e.